The molecule has 1 unspecified atom stereocenters. The zero-order valence-corrected chi connectivity index (χ0v) is 23.5. The molecule has 0 N–H and O–H groups in total. The lowest BCUT2D eigenvalue weighted by Crippen LogP contribution is -2.43. The first-order valence-corrected chi connectivity index (χ1v) is 14.8. The minimum Gasteiger partial charge on any atom is -0.380 e. The zero-order valence-electron chi connectivity index (χ0n) is 21.1. The van der Waals surface area contributed by atoms with Gasteiger partial charge in [0.2, 0.25) is 0 Å². The number of hydrogen-bond donors (Lipinski definition) is 0. The third kappa shape index (κ3) is 5.40. The van der Waals surface area contributed by atoms with Gasteiger partial charge in [-0.25, -0.2) is 13.1 Å². The van der Waals surface area contributed by atoms with Gasteiger partial charge in [0.05, 0.1) is 18.0 Å². The molecule has 3 aromatic rings. The predicted octanol–water partition coefficient (Wildman–Crippen LogP) is 5.18. The van der Waals surface area contributed by atoms with E-state index in [9.17, 15) is 8.42 Å². The Morgan fingerprint density at radius 2 is 1.77 bits per heavy atom. The highest BCUT2D eigenvalue weighted by atomic mass is 79.9. The summed E-state index contributed by atoms with van der Waals surface area (Å²) in [6, 6.07) is 12.7. The second kappa shape index (κ2) is 10.5. The van der Waals surface area contributed by atoms with Crippen molar-refractivity contribution in [1.82, 2.24) is 14.7 Å². The third-order valence-electron chi connectivity index (χ3n) is 6.71. The monoisotopic (exact) mass is 559 g/mol. The van der Waals surface area contributed by atoms with Crippen molar-refractivity contribution in [2.45, 2.75) is 64.7 Å². The van der Waals surface area contributed by atoms with E-state index in [1.807, 2.05) is 39.8 Å². The molecule has 1 atom stereocenters. The van der Waals surface area contributed by atoms with Crippen LogP contribution in [0.5, 0.6) is 0 Å². The molecule has 1 aliphatic heterocycles. The summed E-state index contributed by atoms with van der Waals surface area (Å²) in [4.78, 5) is 2.36. The maximum Gasteiger partial charge on any atom is 0.193 e. The molecule has 0 saturated carbocycles. The van der Waals surface area contributed by atoms with Gasteiger partial charge in [0.15, 0.2) is 14.9 Å². The molecule has 2 heterocycles. The van der Waals surface area contributed by atoms with Gasteiger partial charge in [-0.05, 0) is 68.0 Å². The van der Waals surface area contributed by atoms with Gasteiger partial charge in [0.25, 0.3) is 0 Å². The molecular weight excluding hydrogens is 526 g/mol. The predicted molar refractivity (Wildman–Crippen MR) is 143 cm³/mol. The van der Waals surface area contributed by atoms with Crippen LogP contribution >= 0.6 is 15.9 Å². The topological polar surface area (TPSA) is 64.4 Å². The highest BCUT2D eigenvalue weighted by Gasteiger charge is 2.32. The van der Waals surface area contributed by atoms with Crippen LogP contribution in [0.25, 0.3) is 5.69 Å². The summed E-state index contributed by atoms with van der Waals surface area (Å²) < 4.78 is 35.0. The van der Waals surface area contributed by atoms with E-state index in [1.165, 1.54) is 17.4 Å². The number of ether oxygens (including phenoxy) is 1. The molecule has 35 heavy (non-hydrogen) atoms. The molecule has 0 bridgehead atoms. The summed E-state index contributed by atoms with van der Waals surface area (Å²) in [5.74, 6) is 0. The van der Waals surface area contributed by atoms with Crippen molar-refractivity contribution in [2.24, 2.45) is 0 Å². The van der Waals surface area contributed by atoms with E-state index < -0.39 is 9.84 Å². The number of halogens is 1. The van der Waals surface area contributed by atoms with E-state index >= 15 is 0 Å². The molecule has 1 aliphatic rings. The minimum atomic E-state index is -3.56. The molecule has 0 spiro atoms. The second-order valence-electron chi connectivity index (χ2n) is 9.35. The van der Waals surface area contributed by atoms with Crippen molar-refractivity contribution in [3.63, 3.8) is 0 Å². The van der Waals surface area contributed by atoms with Gasteiger partial charge in [0, 0.05) is 42.0 Å². The van der Waals surface area contributed by atoms with Crippen LogP contribution in [-0.2, 0) is 40.5 Å². The van der Waals surface area contributed by atoms with E-state index in [2.05, 4.69) is 45.1 Å². The lowest BCUT2D eigenvalue weighted by Gasteiger charge is -2.37. The minimum absolute atomic E-state index is 0.168. The Balaban J connectivity index is 1.84. The molecule has 2 aromatic carbocycles. The van der Waals surface area contributed by atoms with Crippen LogP contribution in [0.4, 0.5) is 0 Å². The van der Waals surface area contributed by atoms with E-state index in [-0.39, 0.29) is 11.1 Å². The van der Waals surface area contributed by atoms with Crippen LogP contribution in [0, 0.1) is 13.8 Å². The van der Waals surface area contributed by atoms with Crippen LogP contribution in [0.3, 0.4) is 0 Å². The smallest absolute Gasteiger partial charge is 0.193 e. The van der Waals surface area contributed by atoms with Crippen LogP contribution < -0.4 is 0 Å². The molecule has 1 aromatic heterocycles. The van der Waals surface area contributed by atoms with Gasteiger partial charge in [-0.2, -0.15) is 5.10 Å². The van der Waals surface area contributed by atoms with Crippen molar-refractivity contribution in [2.75, 3.05) is 19.5 Å². The maximum atomic E-state index is 13.2. The van der Waals surface area contributed by atoms with Crippen LogP contribution in [0.15, 0.2) is 45.9 Å². The quantitative estimate of drug-likeness (QED) is 0.380. The molecule has 188 valence electrons. The Bertz CT molecular complexity index is 1310. The third-order valence-corrected chi connectivity index (χ3v) is 8.29. The number of nitrogens with zero attached hydrogens (tertiary/aromatic N) is 3. The molecular formula is C27H34BrN3O3S. The maximum absolute atomic E-state index is 13.2. The van der Waals surface area contributed by atoms with Gasteiger partial charge in [-0.15, -0.1) is 0 Å². The number of rotatable bonds is 8. The average molecular weight is 561 g/mol. The summed E-state index contributed by atoms with van der Waals surface area (Å²) in [5, 5.41) is 5.17. The second-order valence-corrected chi connectivity index (χ2v) is 12.2. The number of aromatic nitrogens is 2. The highest BCUT2D eigenvalue weighted by Crippen LogP contribution is 2.32. The van der Waals surface area contributed by atoms with E-state index in [1.54, 1.807) is 4.68 Å². The summed E-state index contributed by atoms with van der Waals surface area (Å²) in [6.45, 7) is 10.5. The standard InChI is InChI=1S/C27H34BrN3O3S/c1-6-25-24(16-30-15-21-11-9-8-10-20(21)14-23(30)17-34-7-2)27(35(5,32)33)31(29-25)26-18(3)12-22(28)13-19(26)4/h8-13,23H,6-7,14-17H2,1-5H3. The van der Waals surface area contributed by atoms with E-state index in [0.717, 1.165) is 45.5 Å². The molecule has 8 heteroatoms. The summed E-state index contributed by atoms with van der Waals surface area (Å²) in [7, 11) is -3.56. The SMILES string of the molecule is CCOCC1Cc2ccccc2CN1Cc1c(CC)nn(-c2c(C)cc(Br)cc2C)c1S(C)(=O)=O. The van der Waals surface area contributed by atoms with Crippen LogP contribution in [-0.4, -0.2) is 48.6 Å². The normalized spacial score (nSPS) is 16.5. The molecule has 0 aliphatic carbocycles. The number of sulfone groups is 1. The molecule has 6 nitrogen and oxygen atoms in total. The highest BCUT2D eigenvalue weighted by molar-refractivity contribution is 9.10. The number of hydrogen-bond acceptors (Lipinski definition) is 5. The summed E-state index contributed by atoms with van der Waals surface area (Å²) >= 11 is 3.55. The van der Waals surface area contributed by atoms with Crippen molar-refractivity contribution >= 4 is 25.8 Å². The Morgan fingerprint density at radius 3 is 2.37 bits per heavy atom. The summed E-state index contributed by atoms with van der Waals surface area (Å²) in [5.41, 5.74) is 7.00. The van der Waals surface area contributed by atoms with Crippen LogP contribution in [0.2, 0.25) is 0 Å². The van der Waals surface area contributed by atoms with E-state index in [0.29, 0.717) is 26.2 Å². The van der Waals surface area contributed by atoms with E-state index in [4.69, 9.17) is 9.84 Å². The molecule has 0 saturated heterocycles. The average Bonchev–Trinajstić information content (AvgIpc) is 3.15. The molecule has 0 fully saturated rings. The lowest BCUT2D eigenvalue weighted by molar-refractivity contribution is 0.0508. The van der Waals surface area contributed by atoms with Gasteiger partial charge >= 0.3 is 0 Å². The Hall–Kier alpha value is -2.00. The Labute approximate surface area is 217 Å². The summed E-state index contributed by atoms with van der Waals surface area (Å²) in [6.07, 6.45) is 2.82. The van der Waals surface area contributed by atoms with Crippen molar-refractivity contribution < 1.29 is 13.2 Å². The van der Waals surface area contributed by atoms with Gasteiger partial charge in [-0.1, -0.05) is 47.1 Å². The zero-order chi connectivity index (χ0) is 25.3. The van der Waals surface area contributed by atoms with Crippen molar-refractivity contribution in [3.05, 3.63) is 74.4 Å². The first-order valence-electron chi connectivity index (χ1n) is 12.1. The van der Waals surface area contributed by atoms with Gasteiger partial charge < -0.3 is 4.74 Å². The molecule has 4 rings (SSSR count). The van der Waals surface area contributed by atoms with Gasteiger partial charge in [0.1, 0.15) is 0 Å². The first-order chi connectivity index (χ1) is 16.6. The van der Waals surface area contributed by atoms with Gasteiger partial charge in [-0.3, -0.25) is 4.90 Å². The fourth-order valence-electron chi connectivity index (χ4n) is 5.14. The fourth-order valence-corrected chi connectivity index (χ4v) is 6.90. The molecule has 0 amide bonds. The molecule has 0 radical (unpaired) electrons. The van der Waals surface area contributed by atoms with Crippen molar-refractivity contribution in [1.29, 1.82) is 0 Å². The number of fused-ring (bicyclic) bond motifs is 1. The number of benzene rings is 2. The van der Waals surface area contributed by atoms with Crippen molar-refractivity contribution in [3.8, 4) is 5.69 Å². The largest absolute Gasteiger partial charge is 0.380 e. The van der Waals surface area contributed by atoms with Crippen LogP contribution in [0.1, 0.15) is 47.4 Å². The Kier molecular flexibility index (Phi) is 7.86. The number of aryl methyl sites for hydroxylation is 3. The lowest BCUT2D eigenvalue weighted by atomic mass is 9.94. The first kappa shape index (κ1) is 26.1. The Morgan fingerprint density at radius 1 is 1.11 bits per heavy atom. The fraction of sp³-hybridized carbons (Fsp3) is 0.444.